The first-order valence-corrected chi connectivity index (χ1v) is 9.12. The van der Waals surface area contributed by atoms with Crippen LogP contribution in [0.3, 0.4) is 0 Å². The molecule has 26 heavy (non-hydrogen) atoms. The number of carboxylic acid groups (broad SMARTS) is 1. The molecule has 0 saturated heterocycles. The molecule has 3 rings (SSSR count). The molecule has 0 spiro atoms. The van der Waals surface area contributed by atoms with Crippen LogP contribution in [0.1, 0.15) is 10.5 Å². The maximum atomic E-state index is 12.1. The van der Waals surface area contributed by atoms with Crippen LogP contribution in [0.15, 0.2) is 62.9 Å². The predicted molar refractivity (Wildman–Crippen MR) is 102 cm³/mol. The second kappa shape index (κ2) is 7.76. The Morgan fingerprint density at radius 2 is 1.81 bits per heavy atom. The van der Waals surface area contributed by atoms with Crippen molar-refractivity contribution in [2.24, 2.45) is 0 Å². The number of pyridine rings is 1. The van der Waals surface area contributed by atoms with Gasteiger partial charge >= 0.3 is 5.97 Å². The lowest BCUT2D eigenvalue weighted by Gasteiger charge is -2.10. The van der Waals surface area contributed by atoms with Crippen molar-refractivity contribution >= 4 is 50.3 Å². The molecule has 2 aromatic carbocycles. The van der Waals surface area contributed by atoms with Gasteiger partial charge < -0.3 is 15.5 Å². The van der Waals surface area contributed by atoms with Gasteiger partial charge in [0.05, 0.1) is 0 Å². The summed E-state index contributed by atoms with van der Waals surface area (Å²) in [6.45, 7) is -0.553. The number of halogens is 1. The van der Waals surface area contributed by atoms with Gasteiger partial charge in [-0.1, -0.05) is 30.0 Å². The van der Waals surface area contributed by atoms with Gasteiger partial charge in [0.2, 0.25) is 0 Å². The van der Waals surface area contributed by atoms with E-state index < -0.39 is 18.4 Å². The van der Waals surface area contributed by atoms with E-state index in [1.165, 1.54) is 0 Å². The maximum Gasteiger partial charge on any atom is 0.322 e. The third kappa shape index (κ3) is 3.97. The van der Waals surface area contributed by atoms with E-state index in [4.69, 9.17) is 5.11 Å². The maximum absolute atomic E-state index is 12.1. The molecule has 0 bridgehead atoms. The Labute approximate surface area is 161 Å². The summed E-state index contributed by atoms with van der Waals surface area (Å²) in [5.41, 5.74) is -0.228. The van der Waals surface area contributed by atoms with Crippen molar-refractivity contribution in [3.05, 3.63) is 58.8 Å². The minimum atomic E-state index is -1.18. The highest BCUT2D eigenvalue weighted by Crippen LogP contribution is 2.36. The van der Waals surface area contributed by atoms with Gasteiger partial charge in [-0.25, -0.2) is 4.98 Å². The molecule has 0 fully saturated rings. The molecule has 132 valence electrons. The Morgan fingerprint density at radius 1 is 1.08 bits per heavy atom. The van der Waals surface area contributed by atoms with Crippen LogP contribution < -0.4 is 5.32 Å². The third-order valence-electron chi connectivity index (χ3n) is 3.50. The van der Waals surface area contributed by atoms with Crippen LogP contribution in [-0.4, -0.2) is 33.6 Å². The topological polar surface area (TPSA) is 99.5 Å². The highest BCUT2D eigenvalue weighted by molar-refractivity contribution is 9.10. The van der Waals surface area contributed by atoms with Gasteiger partial charge in [-0.15, -0.1) is 0 Å². The summed E-state index contributed by atoms with van der Waals surface area (Å²) < 4.78 is 0.390. The highest BCUT2D eigenvalue weighted by atomic mass is 79.9. The molecule has 1 aromatic heterocycles. The number of carbonyl (C=O) groups excluding carboxylic acids is 1. The molecule has 0 atom stereocenters. The van der Waals surface area contributed by atoms with E-state index in [-0.39, 0.29) is 11.4 Å². The number of carbonyl (C=O) groups is 2. The van der Waals surface area contributed by atoms with Crippen molar-refractivity contribution in [1.82, 2.24) is 10.3 Å². The number of aliphatic carboxylic acids is 1. The van der Waals surface area contributed by atoms with E-state index in [0.29, 0.717) is 15.4 Å². The second-order valence-corrected chi connectivity index (χ2v) is 7.20. The Bertz CT molecular complexity index is 995. The van der Waals surface area contributed by atoms with E-state index in [1.807, 2.05) is 42.5 Å². The second-order valence-electron chi connectivity index (χ2n) is 5.30. The summed E-state index contributed by atoms with van der Waals surface area (Å²) in [4.78, 5) is 28.7. The first kappa shape index (κ1) is 18.2. The largest absolute Gasteiger partial charge is 0.505 e. The number of amides is 1. The monoisotopic (exact) mass is 432 g/mol. The quantitative estimate of drug-likeness (QED) is 0.531. The fraction of sp³-hybridized carbons (Fsp3) is 0.0556. The number of fused-ring (bicyclic) bond motifs is 1. The Balaban J connectivity index is 1.96. The summed E-state index contributed by atoms with van der Waals surface area (Å²) in [5.74, 6) is -2.22. The number of benzene rings is 2. The minimum absolute atomic E-state index is 0.228. The van der Waals surface area contributed by atoms with Crippen LogP contribution in [0.2, 0.25) is 0 Å². The molecule has 1 amide bonds. The molecule has 3 N–H and O–H groups in total. The van der Waals surface area contributed by atoms with Gasteiger partial charge in [-0.2, -0.15) is 0 Å². The zero-order chi connectivity index (χ0) is 18.7. The molecule has 0 saturated carbocycles. The number of aromatic nitrogens is 1. The van der Waals surface area contributed by atoms with Crippen LogP contribution in [-0.2, 0) is 4.79 Å². The summed E-state index contributed by atoms with van der Waals surface area (Å²) in [5, 5.41) is 22.3. The number of carboxylic acids is 1. The first-order valence-electron chi connectivity index (χ1n) is 7.51. The smallest absolute Gasteiger partial charge is 0.322 e. The molecular formula is C18H13BrN2O4S. The Morgan fingerprint density at radius 3 is 2.50 bits per heavy atom. The molecule has 0 radical (unpaired) electrons. The zero-order valence-corrected chi connectivity index (χ0v) is 15.7. The van der Waals surface area contributed by atoms with Crippen LogP contribution in [0.25, 0.3) is 10.8 Å². The first-order chi connectivity index (χ1) is 12.5. The highest BCUT2D eigenvalue weighted by Gasteiger charge is 2.19. The molecule has 8 heteroatoms. The molecule has 6 nitrogen and oxygen atoms in total. The van der Waals surface area contributed by atoms with E-state index in [1.54, 1.807) is 17.8 Å². The number of nitrogens with one attached hydrogen (secondary N) is 1. The van der Waals surface area contributed by atoms with E-state index in [0.717, 1.165) is 9.79 Å². The van der Waals surface area contributed by atoms with Gasteiger partial charge in [-0.3, -0.25) is 9.59 Å². The lowest BCUT2D eigenvalue weighted by atomic mass is 10.1. The summed E-state index contributed by atoms with van der Waals surface area (Å²) in [7, 11) is 0. The number of aromatic hydroxyl groups is 1. The lowest BCUT2D eigenvalue weighted by Crippen LogP contribution is -2.30. The average molecular weight is 433 g/mol. The molecule has 0 aliphatic heterocycles. The zero-order valence-electron chi connectivity index (χ0n) is 13.3. The summed E-state index contributed by atoms with van der Waals surface area (Å²) >= 11 is 4.89. The van der Waals surface area contributed by atoms with Crippen molar-refractivity contribution in [3.8, 4) is 5.75 Å². The van der Waals surface area contributed by atoms with Crippen LogP contribution in [0.4, 0.5) is 0 Å². The number of hydrogen-bond acceptors (Lipinski definition) is 5. The molecule has 3 aromatic rings. The van der Waals surface area contributed by atoms with Gasteiger partial charge in [0.15, 0.2) is 11.4 Å². The SMILES string of the molecule is O=C(O)CNC(=O)c1nc(Br)c2cc(Sc3ccccc3)ccc2c1O. The molecule has 1 heterocycles. The molecule has 0 unspecified atom stereocenters. The average Bonchev–Trinajstić information content (AvgIpc) is 2.63. The number of nitrogens with zero attached hydrogens (tertiary/aromatic N) is 1. The van der Waals surface area contributed by atoms with E-state index in [2.05, 4.69) is 26.2 Å². The minimum Gasteiger partial charge on any atom is -0.505 e. The third-order valence-corrected chi connectivity index (χ3v) is 5.10. The van der Waals surface area contributed by atoms with Gasteiger partial charge in [0.1, 0.15) is 11.1 Å². The number of hydrogen-bond donors (Lipinski definition) is 3. The van der Waals surface area contributed by atoms with Crippen LogP contribution in [0, 0.1) is 0 Å². The molecular weight excluding hydrogens is 420 g/mol. The lowest BCUT2D eigenvalue weighted by molar-refractivity contribution is -0.135. The summed E-state index contributed by atoms with van der Waals surface area (Å²) in [6, 6.07) is 15.2. The van der Waals surface area contributed by atoms with Gasteiger partial charge in [0.25, 0.3) is 5.91 Å². The standard InChI is InChI=1S/C18H13BrN2O4S/c19-17-13-8-11(26-10-4-2-1-3-5-10)6-7-12(13)16(24)15(21-17)18(25)20-9-14(22)23/h1-8,24H,9H2,(H,20,25)(H,22,23). The summed E-state index contributed by atoms with van der Waals surface area (Å²) in [6.07, 6.45) is 0. The van der Waals surface area contributed by atoms with Crippen molar-refractivity contribution in [2.45, 2.75) is 9.79 Å². The molecule has 0 aliphatic carbocycles. The van der Waals surface area contributed by atoms with Crippen molar-refractivity contribution in [1.29, 1.82) is 0 Å². The van der Waals surface area contributed by atoms with E-state index >= 15 is 0 Å². The van der Waals surface area contributed by atoms with Gasteiger partial charge in [0, 0.05) is 20.6 Å². The molecule has 0 aliphatic rings. The van der Waals surface area contributed by atoms with Crippen molar-refractivity contribution < 1.29 is 19.8 Å². The van der Waals surface area contributed by atoms with Gasteiger partial charge in [-0.05, 0) is 46.3 Å². The Hall–Kier alpha value is -2.58. The number of rotatable bonds is 5. The normalized spacial score (nSPS) is 10.7. The fourth-order valence-corrected chi connectivity index (χ4v) is 3.71. The van der Waals surface area contributed by atoms with Crippen LogP contribution >= 0.6 is 27.7 Å². The van der Waals surface area contributed by atoms with Crippen LogP contribution in [0.5, 0.6) is 5.75 Å². The Kier molecular flexibility index (Phi) is 5.43. The predicted octanol–water partition coefficient (Wildman–Crippen LogP) is 3.67. The van der Waals surface area contributed by atoms with E-state index in [9.17, 15) is 14.7 Å². The fourth-order valence-electron chi connectivity index (χ4n) is 2.33. The van der Waals surface area contributed by atoms with Crippen molar-refractivity contribution in [3.63, 3.8) is 0 Å². The van der Waals surface area contributed by atoms with Crippen molar-refractivity contribution in [2.75, 3.05) is 6.54 Å².